The second-order valence-electron chi connectivity index (χ2n) is 7.96. The summed E-state index contributed by atoms with van der Waals surface area (Å²) in [6, 6.07) is 16.8. The molecule has 0 radical (unpaired) electrons. The fourth-order valence-corrected chi connectivity index (χ4v) is 3.93. The maximum absolute atomic E-state index is 8.97. The number of guanidine groups is 1. The topological polar surface area (TPSA) is 78.4 Å². The number of halogens is 1. The molecule has 0 bridgehead atoms. The molecule has 0 saturated carbocycles. The summed E-state index contributed by atoms with van der Waals surface area (Å²) in [6.45, 7) is 6.75. The van der Waals surface area contributed by atoms with Gasteiger partial charge >= 0.3 is 0 Å². The van der Waals surface area contributed by atoms with Crippen LogP contribution in [0, 0.1) is 0 Å². The minimum Gasteiger partial charge on any atom is -0.493 e. The number of benzene rings is 2. The van der Waals surface area contributed by atoms with Gasteiger partial charge in [-0.15, -0.1) is 24.0 Å². The summed E-state index contributed by atoms with van der Waals surface area (Å²) < 4.78 is 10.9. The highest BCUT2D eigenvalue weighted by atomic mass is 127. The normalized spacial score (nSPS) is 16.6. The van der Waals surface area contributed by atoms with Crippen molar-refractivity contribution in [2.24, 2.45) is 4.99 Å². The lowest BCUT2D eigenvalue weighted by molar-refractivity contribution is 0.192. The Morgan fingerprint density at radius 3 is 2.70 bits per heavy atom. The third-order valence-corrected chi connectivity index (χ3v) is 5.44. The van der Waals surface area contributed by atoms with Gasteiger partial charge in [0, 0.05) is 25.7 Å². The Morgan fingerprint density at radius 1 is 1.15 bits per heavy atom. The van der Waals surface area contributed by atoms with E-state index in [2.05, 4.69) is 52.8 Å². The quantitative estimate of drug-likeness (QED) is 0.232. The molecule has 1 saturated heterocycles. The molecule has 33 heavy (non-hydrogen) atoms. The first-order valence-corrected chi connectivity index (χ1v) is 11.4. The average Bonchev–Trinajstić information content (AvgIpc) is 2.82. The van der Waals surface area contributed by atoms with Gasteiger partial charge < -0.3 is 25.2 Å². The molecular weight excluding hydrogens is 531 g/mol. The highest BCUT2D eigenvalue weighted by Gasteiger charge is 2.20. The number of hydrogen-bond donors (Lipinski definition) is 3. The summed E-state index contributed by atoms with van der Waals surface area (Å²) in [5.74, 6) is 2.10. The Labute approximate surface area is 214 Å². The number of piperidine rings is 1. The van der Waals surface area contributed by atoms with E-state index in [1.54, 1.807) is 7.11 Å². The number of likely N-dealkylation sites (tertiary alicyclic amines) is 1. The Bertz CT molecular complexity index is 851. The highest BCUT2D eigenvalue weighted by molar-refractivity contribution is 14.0. The van der Waals surface area contributed by atoms with Crippen LogP contribution >= 0.6 is 24.0 Å². The van der Waals surface area contributed by atoms with Gasteiger partial charge in [0.15, 0.2) is 17.5 Å². The lowest BCUT2D eigenvalue weighted by Crippen LogP contribution is -2.50. The molecule has 7 nitrogen and oxygen atoms in total. The number of nitrogens with one attached hydrogen (secondary N) is 2. The van der Waals surface area contributed by atoms with E-state index in [0.29, 0.717) is 24.1 Å². The number of methoxy groups -OCH3 is 1. The smallest absolute Gasteiger partial charge is 0.191 e. The van der Waals surface area contributed by atoms with Crippen LogP contribution in [0.15, 0.2) is 53.5 Å². The molecule has 8 heteroatoms. The summed E-state index contributed by atoms with van der Waals surface area (Å²) >= 11 is 0. The van der Waals surface area contributed by atoms with E-state index in [4.69, 9.17) is 19.6 Å². The number of nitrogens with zero attached hydrogens (tertiary/aromatic N) is 2. The Morgan fingerprint density at radius 2 is 1.97 bits per heavy atom. The zero-order valence-corrected chi connectivity index (χ0v) is 22.0. The number of aliphatic hydroxyl groups is 1. The van der Waals surface area contributed by atoms with Gasteiger partial charge in [-0.3, -0.25) is 4.90 Å². The summed E-state index contributed by atoms with van der Waals surface area (Å²) in [7, 11) is 1.62. The lowest BCUT2D eigenvalue weighted by Gasteiger charge is -2.34. The highest BCUT2D eigenvalue weighted by Crippen LogP contribution is 2.28. The van der Waals surface area contributed by atoms with E-state index in [1.807, 2.05) is 18.2 Å². The monoisotopic (exact) mass is 568 g/mol. The van der Waals surface area contributed by atoms with Crippen molar-refractivity contribution in [3.05, 3.63) is 59.7 Å². The van der Waals surface area contributed by atoms with E-state index < -0.39 is 0 Å². The van der Waals surface area contributed by atoms with Crippen molar-refractivity contribution in [1.29, 1.82) is 0 Å². The van der Waals surface area contributed by atoms with Crippen molar-refractivity contribution in [3.8, 4) is 11.5 Å². The summed E-state index contributed by atoms with van der Waals surface area (Å²) in [6.07, 6.45) is 2.32. The van der Waals surface area contributed by atoms with E-state index >= 15 is 0 Å². The van der Waals surface area contributed by atoms with Crippen LogP contribution in [0.25, 0.3) is 0 Å². The molecule has 2 aromatic rings. The number of ether oxygens (including phenoxy) is 2. The molecule has 2 aromatic carbocycles. The number of aliphatic imine (C=N–C) groups is 1. The summed E-state index contributed by atoms with van der Waals surface area (Å²) in [5, 5.41) is 16.0. The van der Waals surface area contributed by atoms with Crippen molar-refractivity contribution in [3.63, 3.8) is 0 Å². The van der Waals surface area contributed by atoms with Gasteiger partial charge in [0.2, 0.25) is 0 Å². The van der Waals surface area contributed by atoms with Crippen LogP contribution < -0.4 is 20.1 Å². The molecule has 1 atom stereocenters. The fourth-order valence-electron chi connectivity index (χ4n) is 3.93. The number of hydrogen-bond acceptors (Lipinski definition) is 5. The minimum atomic E-state index is -0.0309. The maximum atomic E-state index is 8.97. The zero-order chi connectivity index (χ0) is 22.6. The first kappa shape index (κ1) is 27.2. The molecule has 1 aliphatic rings. The van der Waals surface area contributed by atoms with Gasteiger partial charge in [-0.2, -0.15) is 0 Å². The molecule has 1 fully saturated rings. The minimum absolute atomic E-state index is 0. The van der Waals surface area contributed by atoms with Gasteiger partial charge in [-0.1, -0.05) is 36.4 Å². The molecule has 3 rings (SSSR count). The predicted octanol–water partition coefficient (Wildman–Crippen LogP) is 3.40. The molecule has 1 heterocycles. The molecular formula is C25H37IN4O3. The summed E-state index contributed by atoms with van der Waals surface area (Å²) in [4.78, 5) is 7.30. The van der Waals surface area contributed by atoms with Crippen LogP contribution in [0.1, 0.15) is 30.9 Å². The van der Waals surface area contributed by atoms with Crippen LogP contribution in [0.2, 0.25) is 0 Å². The largest absolute Gasteiger partial charge is 0.493 e. The van der Waals surface area contributed by atoms with Gasteiger partial charge in [0.25, 0.3) is 0 Å². The molecule has 1 aliphatic heterocycles. The van der Waals surface area contributed by atoms with Crippen molar-refractivity contribution in [2.45, 2.75) is 38.9 Å². The number of aliphatic hydroxyl groups excluding tert-OH is 1. The Balaban J connectivity index is 0.00000385. The van der Waals surface area contributed by atoms with Gasteiger partial charge in [-0.05, 0) is 49.6 Å². The maximum Gasteiger partial charge on any atom is 0.191 e. The standard InChI is InChI=1S/C25H36N4O3.HI/c1-3-26-25(27-17-21-11-12-23(32-15-14-30)24(16-21)31-2)28-22-10-7-13-29(19-22)18-20-8-5-4-6-9-20;/h4-6,8-9,11-12,16,22,30H,3,7,10,13-15,17-19H2,1-2H3,(H2,26,27,28);1H. The van der Waals surface area contributed by atoms with Gasteiger partial charge in [0.05, 0.1) is 20.3 Å². The summed E-state index contributed by atoms with van der Waals surface area (Å²) in [5.41, 5.74) is 2.39. The van der Waals surface area contributed by atoms with Crippen molar-refractivity contribution in [1.82, 2.24) is 15.5 Å². The average molecular weight is 569 g/mol. The van der Waals surface area contributed by atoms with Gasteiger partial charge in [0.1, 0.15) is 6.61 Å². The third-order valence-electron chi connectivity index (χ3n) is 5.44. The van der Waals surface area contributed by atoms with Crippen LogP contribution in [-0.2, 0) is 13.1 Å². The Hall–Kier alpha value is -2.04. The zero-order valence-electron chi connectivity index (χ0n) is 19.6. The van der Waals surface area contributed by atoms with E-state index in [-0.39, 0.29) is 37.2 Å². The molecule has 0 spiro atoms. The van der Waals surface area contributed by atoms with Crippen LogP contribution in [-0.4, -0.2) is 62.0 Å². The predicted molar refractivity (Wildman–Crippen MR) is 144 cm³/mol. The second-order valence-corrected chi connectivity index (χ2v) is 7.96. The van der Waals surface area contributed by atoms with Crippen molar-refractivity contribution in [2.75, 3.05) is 40.0 Å². The van der Waals surface area contributed by atoms with E-state index in [0.717, 1.165) is 44.1 Å². The molecule has 0 aliphatic carbocycles. The van der Waals surface area contributed by atoms with E-state index in [9.17, 15) is 0 Å². The third kappa shape index (κ3) is 9.02. The second kappa shape index (κ2) is 15.0. The fraction of sp³-hybridized carbons (Fsp3) is 0.480. The molecule has 182 valence electrons. The Kier molecular flexibility index (Phi) is 12.3. The van der Waals surface area contributed by atoms with Crippen LogP contribution in [0.3, 0.4) is 0 Å². The lowest BCUT2D eigenvalue weighted by atomic mass is 10.0. The van der Waals surface area contributed by atoms with Crippen molar-refractivity contribution < 1.29 is 14.6 Å². The first-order chi connectivity index (χ1) is 15.7. The van der Waals surface area contributed by atoms with E-state index in [1.165, 1.54) is 12.0 Å². The molecule has 0 aromatic heterocycles. The SMILES string of the molecule is CCNC(=NCc1ccc(OCCO)c(OC)c1)NC1CCCN(Cc2ccccc2)C1.I. The molecule has 0 amide bonds. The van der Waals surface area contributed by atoms with Crippen LogP contribution in [0.5, 0.6) is 11.5 Å². The molecule has 3 N–H and O–H groups in total. The molecule has 1 unspecified atom stereocenters. The van der Waals surface area contributed by atoms with Gasteiger partial charge in [-0.25, -0.2) is 4.99 Å². The first-order valence-electron chi connectivity index (χ1n) is 11.4. The van der Waals surface area contributed by atoms with Crippen LogP contribution in [0.4, 0.5) is 0 Å². The number of rotatable bonds is 10. The van der Waals surface area contributed by atoms with Crippen molar-refractivity contribution >= 4 is 29.9 Å².